The van der Waals surface area contributed by atoms with Crippen LogP contribution in [0.2, 0.25) is 0 Å². The number of nitrogens with one attached hydrogen (secondary N) is 1. The van der Waals surface area contributed by atoms with Crippen LogP contribution < -0.4 is 5.32 Å². The van der Waals surface area contributed by atoms with Gasteiger partial charge in [-0.15, -0.1) is 0 Å². The number of hydrogen-bond acceptors (Lipinski definition) is 3. The maximum atomic E-state index is 13.9. The van der Waals surface area contributed by atoms with Crippen molar-refractivity contribution >= 4 is 16.6 Å². The number of hydrogen-bond donors (Lipinski definition) is 1. The summed E-state index contributed by atoms with van der Waals surface area (Å²) in [5.74, 6) is 0.408. The molecule has 21 heavy (non-hydrogen) atoms. The molecule has 0 aliphatic heterocycles. The van der Waals surface area contributed by atoms with E-state index in [0.29, 0.717) is 18.1 Å². The van der Waals surface area contributed by atoms with Gasteiger partial charge in [-0.25, -0.2) is 14.4 Å². The number of benzene rings is 2. The number of halogens is 1. The summed E-state index contributed by atoms with van der Waals surface area (Å²) in [6, 6.07) is 14.1. The zero-order valence-corrected chi connectivity index (χ0v) is 12.0. The third kappa shape index (κ3) is 2.57. The molecular weight excluding hydrogens is 265 g/mol. The van der Waals surface area contributed by atoms with Crippen LogP contribution in [0.15, 0.2) is 42.5 Å². The van der Waals surface area contributed by atoms with Crippen molar-refractivity contribution in [2.45, 2.75) is 13.8 Å². The molecule has 0 unspecified atom stereocenters. The zero-order valence-electron chi connectivity index (χ0n) is 12.0. The van der Waals surface area contributed by atoms with Crippen molar-refractivity contribution in [1.29, 1.82) is 0 Å². The van der Waals surface area contributed by atoms with Gasteiger partial charge in [0.25, 0.3) is 0 Å². The Morgan fingerprint density at radius 1 is 1.05 bits per heavy atom. The standard InChI is InChI=1S/C17H16FN3/c1-3-19-17-15(18)11(2)20-16(21-17)14-9-8-12-6-4-5-7-13(12)10-14/h4-10H,3H2,1-2H3,(H,19,20,21). The molecule has 0 aliphatic carbocycles. The predicted octanol–water partition coefficient (Wildman–Crippen LogP) is 4.18. The van der Waals surface area contributed by atoms with E-state index in [-0.39, 0.29) is 11.6 Å². The SMILES string of the molecule is CCNc1nc(-c2ccc3ccccc3c2)nc(C)c1F. The minimum Gasteiger partial charge on any atom is -0.368 e. The molecule has 106 valence electrons. The first kappa shape index (κ1) is 13.5. The van der Waals surface area contributed by atoms with Crippen LogP contribution in [-0.2, 0) is 0 Å². The van der Waals surface area contributed by atoms with Gasteiger partial charge in [-0.2, -0.15) is 0 Å². The number of nitrogens with zero attached hydrogens (tertiary/aromatic N) is 2. The van der Waals surface area contributed by atoms with E-state index in [9.17, 15) is 4.39 Å². The summed E-state index contributed by atoms with van der Waals surface area (Å²) in [4.78, 5) is 8.57. The fourth-order valence-corrected chi connectivity index (χ4v) is 2.30. The molecule has 3 nitrogen and oxygen atoms in total. The number of fused-ring (bicyclic) bond motifs is 1. The van der Waals surface area contributed by atoms with Crippen molar-refractivity contribution < 1.29 is 4.39 Å². The Balaban J connectivity index is 2.13. The molecule has 0 saturated carbocycles. The van der Waals surface area contributed by atoms with E-state index in [4.69, 9.17) is 0 Å². The predicted molar refractivity (Wildman–Crippen MR) is 83.8 cm³/mol. The highest BCUT2D eigenvalue weighted by Gasteiger charge is 2.12. The van der Waals surface area contributed by atoms with Crippen LogP contribution in [0.4, 0.5) is 10.2 Å². The maximum Gasteiger partial charge on any atom is 0.186 e. The molecule has 3 rings (SSSR count). The summed E-state index contributed by atoms with van der Waals surface area (Å²) < 4.78 is 13.9. The van der Waals surface area contributed by atoms with Crippen LogP contribution in [-0.4, -0.2) is 16.5 Å². The van der Waals surface area contributed by atoms with Crippen molar-refractivity contribution in [3.8, 4) is 11.4 Å². The Kier molecular flexibility index (Phi) is 3.52. The van der Waals surface area contributed by atoms with Gasteiger partial charge >= 0.3 is 0 Å². The van der Waals surface area contributed by atoms with Crippen molar-refractivity contribution in [2.75, 3.05) is 11.9 Å². The third-order valence-electron chi connectivity index (χ3n) is 3.37. The lowest BCUT2D eigenvalue weighted by Gasteiger charge is -2.09. The van der Waals surface area contributed by atoms with E-state index in [1.807, 2.05) is 43.3 Å². The summed E-state index contributed by atoms with van der Waals surface area (Å²) in [6.45, 7) is 4.18. The molecule has 0 radical (unpaired) electrons. The fraction of sp³-hybridized carbons (Fsp3) is 0.176. The summed E-state index contributed by atoms with van der Waals surface area (Å²) in [5, 5.41) is 5.21. The van der Waals surface area contributed by atoms with Gasteiger partial charge in [0, 0.05) is 12.1 Å². The van der Waals surface area contributed by atoms with E-state index in [0.717, 1.165) is 16.3 Å². The van der Waals surface area contributed by atoms with Gasteiger partial charge in [0.15, 0.2) is 17.5 Å². The Labute approximate surface area is 122 Å². The Morgan fingerprint density at radius 3 is 2.57 bits per heavy atom. The van der Waals surface area contributed by atoms with Crippen LogP contribution in [0, 0.1) is 12.7 Å². The quantitative estimate of drug-likeness (QED) is 0.782. The van der Waals surface area contributed by atoms with Gasteiger partial charge in [-0.05, 0) is 30.7 Å². The molecule has 3 aromatic rings. The smallest absolute Gasteiger partial charge is 0.186 e. The topological polar surface area (TPSA) is 37.8 Å². The van der Waals surface area contributed by atoms with E-state index in [1.165, 1.54) is 0 Å². The van der Waals surface area contributed by atoms with Crippen molar-refractivity contribution in [3.63, 3.8) is 0 Å². The lowest BCUT2D eigenvalue weighted by Crippen LogP contribution is -2.06. The van der Waals surface area contributed by atoms with Crippen LogP contribution in [0.5, 0.6) is 0 Å². The second kappa shape index (κ2) is 5.48. The van der Waals surface area contributed by atoms with Crippen molar-refractivity contribution in [1.82, 2.24) is 9.97 Å². The minimum atomic E-state index is -0.388. The van der Waals surface area contributed by atoms with Gasteiger partial charge in [0.1, 0.15) is 0 Å². The highest BCUT2D eigenvalue weighted by atomic mass is 19.1. The van der Waals surface area contributed by atoms with Gasteiger partial charge in [-0.1, -0.05) is 36.4 Å². The van der Waals surface area contributed by atoms with Gasteiger partial charge in [0.2, 0.25) is 0 Å². The Hall–Kier alpha value is -2.49. The van der Waals surface area contributed by atoms with E-state index in [1.54, 1.807) is 6.92 Å². The van der Waals surface area contributed by atoms with E-state index >= 15 is 0 Å². The fourth-order valence-electron chi connectivity index (χ4n) is 2.30. The summed E-state index contributed by atoms with van der Waals surface area (Å²) in [6.07, 6.45) is 0. The second-order valence-corrected chi connectivity index (χ2v) is 4.89. The maximum absolute atomic E-state index is 13.9. The first-order chi connectivity index (χ1) is 10.2. The molecule has 0 aliphatic rings. The molecule has 4 heteroatoms. The first-order valence-electron chi connectivity index (χ1n) is 6.96. The zero-order chi connectivity index (χ0) is 14.8. The monoisotopic (exact) mass is 281 g/mol. The largest absolute Gasteiger partial charge is 0.368 e. The van der Waals surface area contributed by atoms with Crippen LogP contribution in [0.25, 0.3) is 22.2 Å². The number of anilines is 1. The molecule has 0 bridgehead atoms. The summed E-state index contributed by atoms with van der Waals surface area (Å²) in [5.41, 5.74) is 1.24. The lowest BCUT2D eigenvalue weighted by molar-refractivity contribution is 0.606. The molecule has 0 spiro atoms. The van der Waals surface area contributed by atoms with Crippen LogP contribution in [0.1, 0.15) is 12.6 Å². The average Bonchev–Trinajstić information content (AvgIpc) is 2.51. The number of rotatable bonds is 3. The lowest BCUT2D eigenvalue weighted by atomic mass is 10.1. The van der Waals surface area contributed by atoms with E-state index < -0.39 is 0 Å². The molecule has 1 aromatic heterocycles. The normalized spacial score (nSPS) is 10.8. The molecule has 1 heterocycles. The molecule has 2 aromatic carbocycles. The van der Waals surface area contributed by atoms with Crippen LogP contribution in [0.3, 0.4) is 0 Å². The molecule has 0 saturated heterocycles. The molecule has 0 amide bonds. The summed E-state index contributed by atoms with van der Waals surface area (Å²) >= 11 is 0. The molecule has 0 fully saturated rings. The highest BCUT2D eigenvalue weighted by molar-refractivity contribution is 5.86. The molecule has 1 N–H and O–H groups in total. The molecular formula is C17H16FN3. The first-order valence-corrected chi connectivity index (χ1v) is 6.96. The summed E-state index contributed by atoms with van der Waals surface area (Å²) in [7, 11) is 0. The van der Waals surface area contributed by atoms with E-state index in [2.05, 4.69) is 21.4 Å². The Morgan fingerprint density at radius 2 is 1.81 bits per heavy atom. The van der Waals surface area contributed by atoms with Crippen LogP contribution >= 0.6 is 0 Å². The van der Waals surface area contributed by atoms with Crippen molar-refractivity contribution in [3.05, 3.63) is 54.0 Å². The van der Waals surface area contributed by atoms with Crippen molar-refractivity contribution in [2.24, 2.45) is 0 Å². The van der Waals surface area contributed by atoms with Gasteiger partial charge in [-0.3, -0.25) is 0 Å². The minimum absolute atomic E-state index is 0.258. The van der Waals surface area contributed by atoms with Gasteiger partial charge in [0.05, 0.1) is 5.69 Å². The average molecular weight is 281 g/mol. The second-order valence-electron chi connectivity index (χ2n) is 4.89. The number of aryl methyl sites for hydroxylation is 1. The third-order valence-corrected chi connectivity index (χ3v) is 3.37. The molecule has 0 atom stereocenters. The number of aromatic nitrogens is 2. The van der Waals surface area contributed by atoms with Gasteiger partial charge < -0.3 is 5.32 Å². The Bertz CT molecular complexity index is 799. The highest BCUT2D eigenvalue weighted by Crippen LogP contribution is 2.24.